The number of carbonyl (C=O) groups is 1. The molecule has 4 rings (SSSR count). The van der Waals surface area contributed by atoms with Gasteiger partial charge in [-0.05, 0) is 98.0 Å². The van der Waals surface area contributed by atoms with Crippen molar-refractivity contribution in [3.63, 3.8) is 0 Å². The van der Waals surface area contributed by atoms with Gasteiger partial charge in [0, 0.05) is 17.5 Å². The Bertz CT molecular complexity index is 1010. The van der Waals surface area contributed by atoms with Gasteiger partial charge < -0.3 is 9.47 Å². The first-order chi connectivity index (χ1) is 19.0. The minimum atomic E-state index is -0.697. The van der Waals surface area contributed by atoms with Crippen molar-refractivity contribution in [2.45, 2.75) is 125 Å². The molecule has 3 saturated carbocycles. The number of ether oxygens (including phenoxy) is 2. The summed E-state index contributed by atoms with van der Waals surface area (Å²) in [5, 5.41) is 10.9. The van der Waals surface area contributed by atoms with E-state index in [-0.39, 0.29) is 23.0 Å². The minimum absolute atomic E-state index is 0.0328. The summed E-state index contributed by atoms with van der Waals surface area (Å²) in [6, 6.07) is 5.60. The molecule has 224 valence electrons. The fourth-order valence-electron chi connectivity index (χ4n) is 9.42. The van der Waals surface area contributed by atoms with E-state index in [4.69, 9.17) is 9.47 Å². The first-order valence-electron chi connectivity index (χ1n) is 16.1. The van der Waals surface area contributed by atoms with Crippen molar-refractivity contribution in [3.8, 4) is 5.75 Å². The van der Waals surface area contributed by atoms with Crippen LogP contribution in [-0.4, -0.2) is 17.2 Å². The zero-order valence-corrected chi connectivity index (χ0v) is 25.8. The van der Waals surface area contributed by atoms with E-state index in [1.165, 1.54) is 69.2 Å². The first kappa shape index (κ1) is 30.8. The van der Waals surface area contributed by atoms with Crippen molar-refractivity contribution in [2.24, 2.45) is 46.3 Å². The van der Waals surface area contributed by atoms with Gasteiger partial charge in [0.05, 0.1) is 4.92 Å². The molecule has 0 amide bonds. The number of carbonyl (C=O) groups excluding carboxylic acids is 1. The predicted molar refractivity (Wildman–Crippen MR) is 159 cm³/mol. The van der Waals surface area contributed by atoms with Crippen LogP contribution in [0.25, 0.3) is 0 Å². The van der Waals surface area contributed by atoms with Crippen LogP contribution in [0.5, 0.6) is 5.75 Å². The van der Waals surface area contributed by atoms with E-state index in [2.05, 4.69) is 41.5 Å². The lowest BCUT2D eigenvalue weighted by atomic mass is 9.47. The summed E-state index contributed by atoms with van der Waals surface area (Å²) < 4.78 is 11.6. The highest BCUT2D eigenvalue weighted by Gasteiger charge is 2.60. The maximum Gasteiger partial charge on any atom is 0.514 e. The third-order valence-electron chi connectivity index (χ3n) is 11.5. The summed E-state index contributed by atoms with van der Waals surface area (Å²) in [5.74, 6) is 4.74. The maximum atomic E-state index is 12.9. The molecule has 6 heteroatoms. The van der Waals surface area contributed by atoms with E-state index in [1.54, 1.807) is 0 Å². The Morgan fingerprint density at radius 2 is 1.73 bits per heavy atom. The lowest BCUT2D eigenvalue weighted by Gasteiger charge is -2.59. The van der Waals surface area contributed by atoms with Crippen molar-refractivity contribution in [2.75, 3.05) is 0 Å². The molecule has 1 aromatic carbocycles. The van der Waals surface area contributed by atoms with Crippen LogP contribution >= 0.6 is 0 Å². The monoisotopic (exact) mass is 555 g/mol. The van der Waals surface area contributed by atoms with Crippen LogP contribution in [0.2, 0.25) is 0 Å². The molecule has 0 heterocycles. The largest absolute Gasteiger partial charge is 0.514 e. The van der Waals surface area contributed by atoms with Gasteiger partial charge in [0.2, 0.25) is 0 Å². The number of hydrogen-bond acceptors (Lipinski definition) is 5. The van der Waals surface area contributed by atoms with Crippen LogP contribution in [0.3, 0.4) is 0 Å². The second-order valence-corrected chi connectivity index (χ2v) is 14.3. The molecule has 0 radical (unpaired) electrons. The summed E-state index contributed by atoms with van der Waals surface area (Å²) in [7, 11) is 0. The van der Waals surface area contributed by atoms with Gasteiger partial charge in [-0.25, -0.2) is 4.79 Å². The molecule has 0 saturated heterocycles. The number of hydrogen-bond donors (Lipinski definition) is 0. The molecular formula is C34H53NO5. The Hall–Kier alpha value is -2.11. The van der Waals surface area contributed by atoms with Crippen LogP contribution in [0.1, 0.15) is 119 Å². The first-order valence-corrected chi connectivity index (χ1v) is 16.1. The number of rotatable bonds is 11. The number of benzene rings is 1. The van der Waals surface area contributed by atoms with Crippen LogP contribution < -0.4 is 4.74 Å². The zero-order chi connectivity index (χ0) is 29.1. The Labute approximate surface area is 242 Å². The van der Waals surface area contributed by atoms with E-state index in [0.29, 0.717) is 17.3 Å². The van der Waals surface area contributed by atoms with Crippen LogP contribution in [0.15, 0.2) is 24.3 Å². The number of unbranched alkanes of at least 4 members (excludes halogenated alkanes) is 1. The molecule has 40 heavy (non-hydrogen) atoms. The van der Waals surface area contributed by atoms with Gasteiger partial charge in [-0.2, -0.15) is 0 Å². The van der Waals surface area contributed by atoms with Crippen LogP contribution in [-0.2, 0) is 4.74 Å². The predicted octanol–water partition coefficient (Wildman–Crippen LogP) is 9.99. The average molecular weight is 556 g/mol. The average Bonchev–Trinajstić information content (AvgIpc) is 3.26. The molecule has 3 fully saturated rings. The third kappa shape index (κ3) is 6.36. The Morgan fingerprint density at radius 3 is 2.38 bits per heavy atom. The van der Waals surface area contributed by atoms with E-state index in [1.807, 2.05) is 0 Å². The second kappa shape index (κ2) is 12.8. The quantitative estimate of drug-likeness (QED) is 0.117. The lowest BCUT2D eigenvalue weighted by Crippen LogP contribution is -2.55. The van der Waals surface area contributed by atoms with Crippen molar-refractivity contribution < 1.29 is 19.2 Å². The Balaban J connectivity index is 1.45. The summed E-state index contributed by atoms with van der Waals surface area (Å²) in [5.41, 5.74) is 0.345. The number of fused-ring (bicyclic) bond motifs is 3. The van der Waals surface area contributed by atoms with Gasteiger partial charge in [-0.1, -0.05) is 73.6 Å². The number of nitrogens with zero attached hydrogens (tertiary/aromatic N) is 1. The van der Waals surface area contributed by atoms with E-state index < -0.39 is 11.1 Å². The van der Waals surface area contributed by atoms with E-state index in [0.717, 1.165) is 55.8 Å². The maximum absolute atomic E-state index is 12.9. The number of non-ortho nitro benzene ring substituents is 1. The molecule has 0 spiro atoms. The minimum Gasteiger partial charge on any atom is -0.430 e. The Morgan fingerprint density at radius 1 is 1.00 bits per heavy atom. The summed E-state index contributed by atoms with van der Waals surface area (Å²) in [6.07, 6.45) is 13.8. The summed E-state index contributed by atoms with van der Waals surface area (Å²) in [4.78, 5) is 23.4. The highest BCUT2D eigenvalue weighted by Crippen LogP contribution is 2.66. The van der Waals surface area contributed by atoms with Gasteiger partial charge in [-0.15, -0.1) is 0 Å². The fourth-order valence-corrected chi connectivity index (χ4v) is 9.42. The molecule has 0 bridgehead atoms. The summed E-state index contributed by atoms with van der Waals surface area (Å²) >= 11 is 0. The van der Waals surface area contributed by atoms with Gasteiger partial charge in [0.1, 0.15) is 11.9 Å². The van der Waals surface area contributed by atoms with Crippen LogP contribution in [0.4, 0.5) is 10.5 Å². The third-order valence-corrected chi connectivity index (χ3v) is 11.5. The van der Waals surface area contributed by atoms with Gasteiger partial charge >= 0.3 is 6.16 Å². The van der Waals surface area contributed by atoms with Gasteiger partial charge in [0.15, 0.2) is 0 Å². The van der Waals surface area contributed by atoms with E-state index in [9.17, 15) is 14.9 Å². The molecular weight excluding hydrogens is 502 g/mol. The molecule has 8 atom stereocenters. The van der Waals surface area contributed by atoms with Crippen molar-refractivity contribution >= 4 is 11.8 Å². The van der Waals surface area contributed by atoms with Gasteiger partial charge in [-0.3, -0.25) is 10.1 Å². The van der Waals surface area contributed by atoms with Crippen LogP contribution in [0, 0.1) is 56.5 Å². The molecule has 1 aromatic rings. The zero-order valence-electron chi connectivity index (χ0n) is 25.8. The molecule has 3 aliphatic rings. The van der Waals surface area contributed by atoms with E-state index >= 15 is 0 Å². The highest BCUT2D eigenvalue weighted by atomic mass is 16.7. The number of nitro benzene ring substituents is 1. The smallest absolute Gasteiger partial charge is 0.430 e. The second-order valence-electron chi connectivity index (χ2n) is 14.3. The standard InChI is InChI=1S/C34H53NO5/c1-7-8-21-34(6)30-20-22-33(5)28(24(4)11-9-10-23(2)3)17-18-29(33)27(30)16-19-31(34)40-32(36)39-26-14-12-25(13-15-26)35(37)38/h12-15,23-24,27-31H,7-11,16-22H2,1-6H3/t24-,27+,28?,29+,30+,31-,33-,34-/m1/s1. The normalized spacial score (nSPS) is 34.1. The topological polar surface area (TPSA) is 78.7 Å². The molecule has 6 nitrogen and oxygen atoms in total. The van der Waals surface area contributed by atoms with Gasteiger partial charge in [0.25, 0.3) is 5.69 Å². The molecule has 0 N–H and O–H groups in total. The molecule has 1 unspecified atom stereocenters. The lowest BCUT2D eigenvalue weighted by molar-refractivity contribution is -0.384. The fraction of sp³-hybridized carbons (Fsp3) is 0.794. The molecule has 0 aliphatic heterocycles. The van der Waals surface area contributed by atoms with Crippen molar-refractivity contribution in [1.82, 2.24) is 0 Å². The SMILES string of the molecule is CCCC[C@@]1(C)[C@H](OC(=O)Oc2ccc([N+](=O)[O-])cc2)CC[C@@H]2[C@@H]1CC[C@]1(C)C([C@H](C)CCCC(C)C)CC[C@@H]21. The highest BCUT2D eigenvalue weighted by molar-refractivity contribution is 5.64. The molecule has 3 aliphatic carbocycles. The number of nitro groups is 1. The summed E-state index contributed by atoms with van der Waals surface area (Å²) in [6.45, 7) is 14.4. The Kier molecular flexibility index (Phi) is 9.88. The van der Waals surface area contributed by atoms with Crippen molar-refractivity contribution in [1.29, 1.82) is 0 Å². The molecule has 0 aromatic heterocycles. The van der Waals surface area contributed by atoms with Crippen molar-refractivity contribution in [3.05, 3.63) is 34.4 Å².